The number of hydrogen-bond acceptors (Lipinski definition) is 5. The van der Waals surface area contributed by atoms with E-state index in [-0.39, 0.29) is 22.5 Å². The van der Waals surface area contributed by atoms with Crippen molar-refractivity contribution in [3.63, 3.8) is 0 Å². The molecule has 0 saturated heterocycles. The maximum atomic E-state index is 14.6. The Morgan fingerprint density at radius 1 is 0.949 bits per heavy atom. The number of benzene rings is 3. The maximum Gasteiger partial charge on any atom is 0.258 e. The normalized spacial score (nSPS) is 15.4. The summed E-state index contributed by atoms with van der Waals surface area (Å²) in [6.07, 6.45) is 6.36. The van der Waals surface area contributed by atoms with Crippen molar-refractivity contribution in [1.29, 1.82) is 0 Å². The molecule has 1 heterocycles. The van der Waals surface area contributed by atoms with Gasteiger partial charge in [-0.15, -0.1) is 0 Å². The Morgan fingerprint density at radius 3 is 2.41 bits per heavy atom. The van der Waals surface area contributed by atoms with Gasteiger partial charge in [-0.25, -0.2) is 4.98 Å². The highest BCUT2D eigenvalue weighted by molar-refractivity contribution is 7.99. The van der Waals surface area contributed by atoms with Gasteiger partial charge in [-0.05, 0) is 42.5 Å². The molecule has 3 aromatic carbocycles. The van der Waals surface area contributed by atoms with E-state index in [4.69, 9.17) is 9.72 Å². The summed E-state index contributed by atoms with van der Waals surface area (Å²) >= 11 is 1.35. The zero-order chi connectivity index (χ0) is 26.8. The Labute approximate surface area is 233 Å². The first-order valence-corrected chi connectivity index (χ1v) is 14.6. The van der Waals surface area contributed by atoms with E-state index in [1.165, 1.54) is 23.7 Å². The molecule has 0 aliphatic heterocycles. The van der Waals surface area contributed by atoms with Gasteiger partial charge in [0.25, 0.3) is 5.56 Å². The van der Waals surface area contributed by atoms with Crippen LogP contribution in [0.1, 0.15) is 59.2 Å². The molecule has 1 spiro atoms. The van der Waals surface area contributed by atoms with E-state index < -0.39 is 0 Å². The van der Waals surface area contributed by atoms with Crippen LogP contribution in [0.25, 0.3) is 11.3 Å². The molecule has 1 aromatic heterocycles. The highest BCUT2D eigenvalue weighted by atomic mass is 32.2. The van der Waals surface area contributed by atoms with Crippen LogP contribution >= 0.6 is 11.8 Å². The van der Waals surface area contributed by atoms with Crippen molar-refractivity contribution in [2.45, 2.75) is 55.6 Å². The van der Waals surface area contributed by atoms with E-state index in [0.717, 1.165) is 60.2 Å². The van der Waals surface area contributed by atoms with E-state index in [1.807, 2.05) is 60.7 Å². The van der Waals surface area contributed by atoms with Gasteiger partial charge in [-0.3, -0.25) is 14.2 Å². The molecule has 2 aliphatic rings. The minimum Gasteiger partial charge on any atom is -0.497 e. The van der Waals surface area contributed by atoms with Crippen LogP contribution in [0.15, 0.2) is 88.8 Å². The van der Waals surface area contributed by atoms with Crippen LogP contribution < -0.4 is 10.3 Å². The first-order chi connectivity index (χ1) is 19.1. The summed E-state index contributed by atoms with van der Waals surface area (Å²) in [4.78, 5) is 32.8. The second kappa shape index (κ2) is 10.9. The van der Waals surface area contributed by atoms with Crippen LogP contribution in [0.3, 0.4) is 0 Å². The zero-order valence-corrected chi connectivity index (χ0v) is 23.0. The molecular formula is C33H32N2O3S. The van der Waals surface area contributed by atoms with Crippen molar-refractivity contribution in [3.05, 3.63) is 111 Å². The molecular weight excluding hydrogens is 504 g/mol. The van der Waals surface area contributed by atoms with Crippen LogP contribution in [-0.2, 0) is 18.4 Å². The lowest BCUT2D eigenvalue weighted by Gasteiger charge is -2.42. The molecule has 6 rings (SSSR count). The summed E-state index contributed by atoms with van der Waals surface area (Å²) in [5.41, 5.74) is 5.50. The SMILES string of the molecule is COc1ccc(Cn2c(SCC(=O)c3ccccc3)nc3c(c2=O)C2(CCCCC2)Cc2ccccc2-3)cc1. The van der Waals surface area contributed by atoms with Gasteiger partial charge >= 0.3 is 0 Å². The lowest BCUT2D eigenvalue weighted by molar-refractivity contribution is 0.102. The number of ether oxygens (including phenoxy) is 1. The molecule has 0 atom stereocenters. The van der Waals surface area contributed by atoms with Gasteiger partial charge in [0.05, 0.1) is 30.7 Å². The Balaban J connectivity index is 1.48. The quantitative estimate of drug-likeness (QED) is 0.149. The fourth-order valence-electron chi connectivity index (χ4n) is 6.22. The summed E-state index contributed by atoms with van der Waals surface area (Å²) in [5, 5.41) is 0.585. The van der Waals surface area contributed by atoms with Gasteiger partial charge in [-0.1, -0.05) is 97.8 Å². The summed E-state index contributed by atoms with van der Waals surface area (Å²) < 4.78 is 7.13. The monoisotopic (exact) mass is 536 g/mol. The first kappa shape index (κ1) is 25.6. The minimum absolute atomic E-state index is 0.0210. The highest BCUT2D eigenvalue weighted by Crippen LogP contribution is 2.48. The van der Waals surface area contributed by atoms with E-state index in [1.54, 1.807) is 11.7 Å². The number of carbonyl (C=O) groups excluding carboxylic acids is 1. The molecule has 1 fully saturated rings. The van der Waals surface area contributed by atoms with Gasteiger partial charge in [0, 0.05) is 16.5 Å². The topological polar surface area (TPSA) is 61.2 Å². The lowest BCUT2D eigenvalue weighted by Crippen LogP contribution is -2.43. The van der Waals surface area contributed by atoms with Gasteiger partial charge in [0.15, 0.2) is 10.9 Å². The fourth-order valence-corrected chi connectivity index (χ4v) is 7.11. The number of aromatic nitrogens is 2. The molecule has 1 saturated carbocycles. The number of nitrogens with zero attached hydrogens (tertiary/aromatic N) is 2. The molecule has 4 aromatic rings. The van der Waals surface area contributed by atoms with Crippen LogP contribution in [0.5, 0.6) is 5.75 Å². The number of Topliss-reactive ketones (excluding diaryl/α,β-unsaturated/α-hetero) is 1. The Kier molecular flexibility index (Phi) is 7.13. The standard InChI is InChI=1S/C33H32N2O3S/c1-38-26-16-14-23(15-17-26)21-35-31(37)29-30(34-32(35)39-22-28(36)24-10-4-2-5-11-24)27-13-7-6-12-25(27)20-33(29)18-8-3-9-19-33/h2,4-7,10-17H,3,8-9,18-22H2,1H3. The number of ketones is 1. The first-order valence-electron chi connectivity index (χ1n) is 13.7. The molecule has 0 amide bonds. The third-order valence-electron chi connectivity index (χ3n) is 8.20. The Morgan fingerprint density at radius 2 is 1.67 bits per heavy atom. The van der Waals surface area contributed by atoms with Crippen molar-refractivity contribution in [2.24, 2.45) is 0 Å². The second-order valence-electron chi connectivity index (χ2n) is 10.6. The minimum atomic E-state index is -0.184. The molecule has 0 bridgehead atoms. The van der Waals surface area contributed by atoms with E-state index >= 15 is 0 Å². The predicted octanol–water partition coefficient (Wildman–Crippen LogP) is 6.70. The van der Waals surface area contributed by atoms with Gasteiger partial charge in [0.1, 0.15) is 5.75 Å². The Bertz CT molecular complexity index is 1550. The maximum absolute atomic E-state index is 14.6. The smallest absolute Gasteiger partial charge is 0.258 e. The van der Waals surface area contributed by atoms with Crippen molar-refractivity contribution in [3.8, 4) is 17.0 Å². The van der Waals surface area contributed by atoms with Crippen molar-refractivity contribution in [1.82, 2.24) is 9.55 Å². The Hall–Kier alpha value is -3.64. The third-order valence-corrected chi connectivity index (χ3v) is 9.18. The molecule has 2 aliphatic carbocycles. The summed E-state index contributed by atoms with van der Waals surface area (Å²) in [7, 11) is 1.65. The van der Waals surface area contributed by atoms with Gasteiger partial charge in [-0.2, -0.15) is 0 Å². The van der Waals surface area contributed by atoms with Crippen LogP contribution in [0.2, 0.25) is 0 Å². The molecule has 198 valence electrons. The molecule has 5 nitrogen and oxygen atoms in total. The molecule has 0 unspecified atom stereocenters. The number of carbonyl (C=O) groups is 1. The van der Waals surface area contributed by atoms with Gasteiger partial charge < -0.3 is 4.74 Å². The fraction of sp³-hybridized carbons (Fsp3) is 0.303. The molecule has 0 radical (unpaired) electrons. The van der Waals surface area contributed by atoms with Crippen LogP contribution in [0, 0.1) is 0 Å². The number of fused-ring (bicyclic) bond motifs is 4. The molecule has 6 heteroatoms. The molecule has 0 N–H and O–H groups in total. The molecule has 39 heavy (non-hydrogen) atoms. The third kappa shape index (κ3) is 4.94. The summed E-state index contributed by atoms with van der Waals surface area (Å²) in [6.45, 7) is 0.392. The van der Waals surface area contributed by atoms with Crippen LogP contribution in [-0.4, -0.2) is 28.2 Å². The van der Waals surface area contributed by atoms with Crippen molar-refractivity contribution in [2.75, 3.05) is 12.9 Å². The number of methoxy groups -OCH3 is 1. The van der Waals surface area contributed by atoms with Gasteiger partial charge in [0.2, 0.25) is 0 Å². The average molecular weight is 537 g/mol. The zero-order valence-electron chi connectivity index (χ0n) is 22.2. The number of hydrogen-bond donors (Lipinski definition) is 0. The second-order valence-corrected chi connectivity index (χ2v) is 11.6. The highest BCUT2D eigenvalue weighted by Gasteiger charge is 2.43. The summed E-state index contributed by atoms with van der Waals surface area (Å²) in [5.74, 6) is 1.01. The largest absolute Gasteiger partial charge is 0.497 e. The van der Waals surface area contributed by atoms with E-state index in [0.29, 0.717) is 17.3 Å². The van der Waals surface area contributed by atoms with Crippen molar-refractivity contribution >= 4 is 17.5 Å². The van der Waals surface area contributed by atoms with Crippen molar-refractivity contribution < 1.29 is 9.53 Å². The van der Waals surface area contributed by atoms with Crippen LogP contribution in [0.4, 0.5) is 0 Å². The number of rotatable bonds is 7. The average Bonchev–Trinajstić information content (AvgIpc) is 2.98. The van der Waals surface area contributed by atoms with E-state index in [2.05, 4.69) is 18.2 Å². The predicted molar refractivity (Wildman–Crippen MR) is 156 cm³/mol. The summed E-state index contributed by atoms with van der Waals surface area (Å²) in [6, 6.07) is 25.5. The number of thioether (sulfide) groups is 1. The van der Waals surface area contributed by atoms with E-state index in [9.17, 15) is 9.59 Å². The lowest BCUT2D eigenvalue weighted by atomic mass is 9.62.